The highest BCUT2D eigenvalue weighted by Gasteiger charge is 2.19. The first-order chi connectivity index (χ1) is 8.72. The smallest absolute Gasteiger partial charge is 0.0197 e. The lowest BCUT2D eigenvalue weighted by Gasteiger charge is -2.34. The molecule has 1 unspecified atom stereocenters. The minimum absolute atomic E-state index is 0.629. The van der Waals surface area contributed by atoms with E-state index in [1.54, 1.807) is 0 Å². The SMILES string of the molecule is CCCCCCCCN1CCCC(NC(C)C)C1. The summed E-state index contributed by atoms with van der Waals surface area (Å²) in [6.07, 6.45) is 11.2. The lowest BCUT2D eigenvalue weighted by atomic mass is 10.0. The molecule has 0 aromatic rings. The summed E-state index contributed by atoms with van der Waals surface area (Å²) in [7, 11) is 0. The highest BCUT2D eigenvalue weighted by Crippen LogP contribution is 2.12. The largest absolute Gasteiger partial charge is 0.311 e. The molecule has 0 bridgehead atoms. The van der Waals surface area contributed by atoms with Crippen molar-refractivity contribution in [2.75, 3.05) is 19.6 Å². The van der Waals surface area contributed by atoms with Crippen LogP contribution in [0.3, 0.4) is 0 Å². The molecule has 0 amide bonds. The van der Waals surface area contributed by atoms with Gasteiger partial charge in [-0.05, 0) is 32.4 Å². The minimum Gasteiger partial charge on any atom is -0.311 e. The Morgan fingerprint density at radius 3 is 2.56 bits per heavy atom. The number of piperidine rings is 1. The van der Waals surface area contributed by atoms with Crippen molar-refractivity contribution >= 4 is 0 Å². The Morgan fingerprint density at radius 2 is 1.83 bits per heavy atom. The average Bonchev–Trinajstić information content (AvgIpc) is 2.33. The lowest BCUT2D eigenvalue weighted by Crippen LogP contribution is -2.47. The van der Waals surface area contributed by atoms with Crippen molar-refractivity contribution in [3.63, 3.8) is 0 Å². The fourth-order valence-electron chi connectivity index (χ4n) is 2.98. The summed E-state index contributed by atoms with van der Waals surface area (Å²) in [5, 5.41) is 3.69. The van der Waals surface area contributed by atoms with E-state index in [1.165, 1.54) is 71.0 Å². The molecule has 1 fully saturated rings. The molecule has 1 N–H and O–H groups in total. The standard InChI is InChI=1S/C16H34N2/c1-4-5-6-7-8-9-12-18-13-10-11-16(14-18)17-15(2)3/h15-17H,4-14H2,1-3H3. The molecule has 1 aliphatic heterocycles. The van der Waals surface area contributed by atoms with Gasteiger partial charge in [-0.25, -0.2) is 0 Å². The van der Waals surface area contributed by atoms with Crippen molar-refractivity contribution in [2.45, 2.75) is 84.2 Å². The molecule has 0 saturated carbocycles. The van der Waals surface area contributed by atoms with Crippen LogP contribution in [0.5, 0.6) is 0 Å². The lowest BCUT2D eigenvalue weighted by molar-refractivity contribution is 0.182. The summed E-state index contributed by atoms with van der Waals surface area (Å²) < 4.78 is 0. The van der Waals surface area contributed by atoms with Crippen LogP contribution in [0.1, 0.15) is 72.1 Å². The number of rotatable bonds is 9. The number of nitrogens with one attached hydrogen (secondary N) is 1. The first-order valence-corrected chi connectivity index (χ1v) is 8.20. The molecule has 2 nitrogen and oxygen atoms in total. The van der Waals surface area contributed by atoms with Gasteiger partial charge in [0.2, 0.25) is 0 Å². The molecule has 1 atom stereocenters. The molecule has 1 saturated heterocycles. The Kier molecular flexibility index (Phi) is 8.70. The number of nitrogens with zero attached hydrogens (tertiary/aromatic N) is 1. The predicted molar refractivity (Wildman–Crippen MR) is 81.1 cm³/mol. The first kappa shape index (κ1) is 16.0. The molecule has 1 heterocycles. The highest BCUT2D eigenvalue weighted by molar-refractivity contribution is 4.79. The van der Waals surface area contributed by atoms with Crippen molar-refractivity contribution in [3.05, 3.63) is 0 Å². The molecule has 1 rings (SSSR count). The summed E-state index contributed by atoms with van der Waals surface area (Å²) in [6, 6.07) is 1.36. The van der Waals surface area contributed by atoms with Gasteiger partial charge in [0, 0.05) is 18.6 Å². The third-order valence-electron chi connectivity index (χ3n) is 3.90. The summed E-state index contributed by atoms with van der Waals surface area (Å²) >= 11 is 0. The van der Waals surface area contributed by atoms with Crippen molar-refractivity contribution in [2.24, 2.45) is 0 Å². The Balaban J connectivity index is 2.03. The molecule has 1 aliphatic rings. The van der Waals surface area contributed by atoms with Crippen LogP contribution in [0, 0.1) is 0 Å². The van der Waals surface area contributed by atoms with Crippen molar-refractivity contribution in [1.82, 2.24) is 10.2 Å². The molecule has 0 radical (unpaired) electrons. The first-order valence-electron chi connectivity index (χ1n) is 8.20. The van der Waals surface area contributed by atoms with Crippen molar-refractivity contribution in [1.29, 1.82) is 0 Å². The molecular weight excluding hydrogens is 220 g/mol. The molecule has 108 valence electrons. The Morgan fingerprint density at radius 1 is 1.11 bits per heavy atom. The van der Waals surface area contributed by atoms with Crippen molar-refractivity contribution in [3.8, 4) is 0 Å². The third kappa shape index (κ3) is 7.38. The van der Waals surface area contributed by atoms with E-state index in [-0.39, 0.29) is 0 Å². The van der Waals surface area contributed by atoms with Gasteiger partial charge in [-0.3, -0.25) is 0 Å². The maximum Gasteiger partial charge on any atom is 0.0197 e. The molecular formula is C16H34N2. The molecule has 0 spiro atoms. The van der Waals surface area contributed by atoms with E-state index in [1.807, 2.05) is 0 Å². The monoisotopic (exact) mass is 254 g/mol. The number of hydrogen-bond acceptors (Lipinski definition) is 2. The van der Waals surface area contributed by atoms with Gasteiger partial charge in [-0.1, -0.05) is 52.9 Å². The van der Waals surface area contributed by atoms with Gasteiger partial charge in [-0.15, -0.1) is 0 Å². The molecule has 18 heavy (non-hydrogen) atoms. The van der Waals surface area contributed by atoms with Crippen molar-refractivity contribution < 1.29 is 0 Å². The second-order valence-corrected chi connectivity index (χ2v) is 6.23. The van der Waals surface area contributed by atoms with E-state index in [0.29, 0.717) is 6.04 Å². The number of hydrogen-bond donors (Lipinski definition) is 1. The molecule has 0 aromatic carbocycles. The normalized spacial score (nSPS) is 21.7. The quantitative estimate of drug-likeness (QED) is 0.629. The van der Waals surface area contributed by atoms with Gasteiger partial charge in [0.05, 0.1) is 0 Å². The zero-order valence-corrected chi connectivity index (χ0v) is 12.9. The Labute approximate surface area is 115 Å². The van der Waals surface area contributed by atoms with E-state index in [0.717, 1.165) is 6.04 Å². The Hall–Kier alpha value is -0.0800. The van der Waals surface area contributed by atoms with Crippen LogP contribution in [0.25, 0.3) is 0 Å². The van der Waals surface area contributed by atoms with Gasteiger partial charge < -0.3 is 10.2 Å². The van der Waals surface area contributed by atoms with Crippen LogP contribution in [0.15, 0.2) is 0 Å². The van der Waals surface area contributed by atoms with Crippen LogP contribution < -0.4 is 5.32 Å². The summed E-state index contributed by atoms with van der Waals surface area (Å²) in [4.78, 5) is 2.67. The van der Waals surface area contributed by atoms with E-state index < -0.39 is 0 Å². The fourth-order valence-corrected chi connectivity index (χ4v) is 2.98. The van der Waals surface area contributed by atoms with Crippen LogP contribution in [-0.2, 0) is 0 Å². The second kappa shape index (κ2) is 9.80. The van der Waals surface area contributed by atoms with Gasteiger partial charge in [0.25, 0.3) is 0 Å². The maximum absolute atomic E-state index is 3.69. The minimum atomic E-state index is 0.629. The van der Waals surface area contributed by atoms with Gasteiger partial charge in [0.15, 0.2) is 0 Å². The molecule has 0 aromatic heterocycles. The van der Waals surface area contributed by atoms with E-state index >= 15 is 0 Å². The van der Waals surface area contributed by atoms with Crippen LogP contribution >= 0.6 is 0 Å². The van der Waals surface area contributed by atoms with Gasteiger partial charge in [0.1, 0.15) is 0 Å². The van der Waals surface area contributed by atoms with E-state index in [9.17, 15) is 0 Å². The molecule has 0 aliphatic carbocycles. The number of unbranched alkanes of at least 4 members (excludes halogenated alkanes) is 5. The Bertz CT molecular complexity index is 192. The second-order valence-electron chi connectivity index (χ2n) is 6.23. The van der Waals surface area contributed by atoms with Gasteiger partial charge in [-0.2, -0.15) is 0 Å². The number of likely N-dealkylation sites (tertiary alicyclic amines) is 1. The topological polar surface area (TPSA) is 15.3 Å². The van der Waals surface area contributed by atoms with Crippen LogP contribution in [0.4, 0.5) is 0 Å². The maximum atomic E-state index is 3.69. The van der Waals surface area contributed by atoms with E-state index in [4.69, 9.17) is 0 Å². The fraction of sp³-hybridized carbons (Fsp3) is 1.00. The average molecular weight is 254 g/mol. The van der Waals surface area contributed by atoms with E-state index in [2.05, 4.69) is 31.0 Å². The summed E-state index contributed by atoms with van der Waals surface area (Å²) in [5.41, 5.74) is 0. The van der Waals surface area contributed by atoms with Gasteiger partial charge >= 0.3 is 0 Å². The van der Waals surface area contributed by atoms with Crippen LogP contribution in [0.2, 0.25) is 0 Å². The predicted octanol–water partition coefficient (Wildman–Crippen LogP) is 3.81. The third-order valence-corrected chi connectivity index (χ3v) is 3.90. The zero-order valence-electron chi connectivity index (χ0n) is 12.9. The summed E-state index contributed by atoms with van der Waals surface area (Å²) in [6.45, 7) is 10.7. The summed E-state index contributed by atoms with van der Waals surface area (Å²) in [5.74, 6) is 0. The molecule has 2 heteroatoms. The highest BCUT2D eigenvalue weighted by atomic mass is 15.2. The van der Waals surface area contributed by atoms with Crippen LogP contribution in [-0.4, -0.2) is 36.6 Å². The zero-order chi connectivity index (χ0) is 13.2.